The molecule has 1 aliphatic rings. The molecule has 11 nitrogen and oxygen atoms in total. The summed E-state index contributed by atoms with van der Waals surface area (Å²) >= 11 is 0. The summed E-state index contributed by atoms with van der Waals surface area (Å²) in [4.78, 5) is 62.9. The maximum Gasteiger partial charge on any atom is 0.299 e. The molecule has 0 fully saturated rings. The van der Waals surface area contributed by atoms with E-state index in [0.717, 1.165) is 10.6 Å². The Bertz CT molecular complexity index is 1730. The third-order valence-electron chi connectivity index (χ3n) is 7.50. The number of methoxy groups -OCH3 is 2. The summed E-state index contributed by atoms with van der Waals surface area (Å²) in [6, 6.07) is 21.1. The molecule has 1 aliphatic heterocycles. The number of Topliss-reactive ketones (excluding diaryl/α,β-unsaturated/α-hetero) is 1. The van der Waals surface area contributed by atoms with Crippen LogP contribution in [0.2, 0.25) is 0 Å². The molecule has 0 saturated carbocycles. The van der Waals surface area contributed by atoms with E-state index in [1.807, 2.05) is 31.1 Å². The molecule has 3 amide bonds. The van der Waals surface area contributed by atoms with Crippen molar-refractivity contribution in [1.29, 1.82) is 0 Å². The Morgan fingerprint density at radius 2 is 1.64 bits per heavy atom. The number of benzene rings is 3. The van der Waals surface area contributed by atoms with Crippen LogP contribution in [0.1, 0.15) is 27.5 Å². The zero-order valence-electron chi connectivity index (χ0n) is 25.4. The van der Waals surface area contributed by atoms with Crippen LogP contribution in [-0.2, 0) is 20.9 Å². The summed E-state index contributed by atoms with van der Waals surface area (Å²) in [7, 11) is 6.82. The molecule has 230 valence electrons. The number of hydrogen-bond acceptors (Lipinski definition) is 8. The summed E-state index contributed by atoms with van der Waals surface area (Å²) in [6.07, 6.45) is 3.21. The minimum absolute atomic E-state index is 0.0176. The van der Waals surface area contributed by atoms with Gasteiger partial charge in [-0.05, 0) is 65.7 Å². The number of hydrogen-bond donors (Lipinski definition) is 1. The minimum atomic E-state index is -1.19. The van der Waals surface area contributed by atoms with Gasteiger partial charge in [0, 0.05) is 44.4 Å². The number of nitrogens with zero attached hydrogens (tertiary/aromatic N) is 4. The second kappa shape index (κ2) is 13.3. The van der Waals surface area contributed by atoms with E-state index in [-0.39, 0.29) is 12.1 Å². The normalized spacial score (nSPS) is 12.8. The van der Waals surface area contributed by atoms with Crippen molar-refractivity contribution in [2.45, 2.75) is 12.6 Å². The van der Waals surface area contributed by atoms with Crippen LogP contribution >= 0.6 is 0 Å². The molecule has 3 aromatic carbocycles. The SMILES string of the molecule is COc1ccc([C@H](C(=O)Nc2ccc(N(C)C)cc2)N(Cc2cccnc2)C(=O)CN2C(=O)C(=O)c3ccccc32)cc1OC. The van der Waals surface area contributed by atoms with Crippen molar-refractivity contribution in [2.24, 2.45) is 0 Å². The maximum absolute atomic E-state index is 14.3. The number of rotatable bonds is 11. The molecule has 5 rings (SSSR count). The van der Waals surface area contributed by atoms with E-state index >= 15 is 0 Å². The van der Waals surface area contributed by atoms with Crippen molar-refractivity contribution >= 4 is 40.6 Å². The van der Waals surface area contributed by atoms with Crippen molar-refractivity contribution in [3.8, 4) is 11.5 Å². The van der Waals surface area contributed by atoms with E-state index in [0.29, 0.717) is 34.0 Å². The fourth-order valence-corrected chi connectivity index (χ4v) is 5.19. The molecule has 4 aromatic rings. The number of ether oxygens (including phenoxy) is 2. The predicted octanol–water partition coefficient (Wildman–Crippen LogP) is 4.10. The molecule has 0 bridgehead atoms. The first-order chi connectivity index (χ1) is 21.7. The van der Waals surface area contributed by atoms with Gasteiger partial charge in [0.05, 0.1) is 25.5 Å². The van der Waals surface area contributed by atoms with Gasteiger partial charge in [0.25, 0.3) is 17.6 Å². The van der Waals surface area contributed by atoms with E-state index in [1.54, 1.807) is 79.1 Å². The van der Waals surface area contributed by atoms with Crippen LogP contribution in [0.15, 0.2) is 91.3 Å². The van der Waals surface area contributed by atoms with Crippen LogP contribution in [0.4, 0.5) is 17.1 Å². The van der Waals surface area contributed by atoms with E-state index in [4.69, 9.17) is 9.47 Å². The number of pyridine rings is 1. The van der Waals surface area contributed by atoms with Crippen LogP contribution in [0.25, 0.3) is 0 Å². The van der Waals surface area contributed by atoms with Gasteiger partial charge in [0.1, 0.15) is 12.6 Å². The average Bonchev–Trinajstić information content (AvgIpc) is 3.29. The topological polar surface area (TPSA) is 121 Å². The number of anilines is 3. The van der Waals surface area contributed by atoms with Crippen LogP contribution in [0.3, 0.4) is 0 Å². The maximum atomic E-state index is 14.3. The van der Waals surface area contributed by atoms with Crippen molar-refractivity contribution in [3.63, 3.8) is 0 Å². The molecule has 11 heteroatoms. The standard InChI is InChI=1S/C34H33N5O6/c1-37(2)25-14-12-24(13-15-25)36-33(42)31(23-11-16-28(44-3)29(18-23)45-4)39(20-22-8-7-17-35-19-22)30(40)21-38-27-10-6-5-9-26(27)32(41)34(38)43/h5-19,31H,20-21H2,1-4H3,(H,36,42)/t31-/m1/s1. The fourth-order valence-electron chi connectivity index (χ4n) is 5.19. The molecular weight excluding hydrogens is 574 g/mol. The number of carbonyl (C=O) groups is 4. The van der Waals surface area contributed by atoms with Crippen molar-refractivity contribution in [2.75, 3.05) is 50.0 Å². The van der Waals surface area contributed by atoms with Gasteiger partial charge in [-0.1, -0.05) is 24.3 Å². The first-order valence-electron chi connectivity index (χ1n) is 14.2. The number of para-hydroxylation sites is 1. The van der Waals surface area contributed by atoms with Gasteiger partial charge in [-0.2, -0.15) is 0 Å². The quantitative estimate of drug-likeness (QED) is 0.253. The number of ketones is 1. The minimum Gasteiger partial charge on any atom is -0.493 e. The van der Waals surface area contributed by atoms with Gasteiger partial charge >= 0.3 is 0 Å². The first-order valence-corrected chi connectivity index (χ1v) is 14.2. The lowest BCUT2D eigenvalue weighted by molar-refractivity contribution is -0.139. The van der Waals surface area contributed by atoms with E-state index < -0.39 is 36.1 Å². The van der Waals surface area contributed by atoms with Gasteiger partial charge in [0.15, 0.2) is 11.5 Å². The Labute approximate surface area is 261 Å². The van der Waals surface area contributed by atoms with E-state index in [1.165, 1.54) is 19.1 Å². The first kappa shape index (κ1) is 30.7. The summed E-state index contributed by atoms with van der Waals surface area (Å²) in [5.74, 6) is -1.74. The number of nitrogens with one attached hydrogen (secondary N) is 1. The lowest BCUT2D eigenvalue weighted by atomic mass is 10.0. The lowest BCUT2D eigenvalue weighted by Gasteiger charge is -2.33. The number of aromatic nitrogens is 1. The fraction of sp³-hybridized carbons (Fsp3) is 0.206. The smallest absolute Gasteiger partial charge is 0.299 e. The Balaban J connectivity index is 1.57. The molecule has 0 radical (unpaired) electrons. The van der Waals surface area contributed by atoms with Gasteiger partial charge in [-0.25, -0.2) is 0 Å². The molecule has 1 N–H and O–H groups in total. The van der Waals surface area contributed by atoms with Crippen LogP contribution in [0, 0.1) is 0 Å². The predicted molar refractivity (Wildman–Crippen MR) is 170 cm³/mol. The molecule has 1 atom stereocenters. The van der Waals surface area contributed by atoms with E-state index in [9.17, 15) is 19.2 Å². The third kappa shape index (κ3) is 6.47. The van der Waals surface area contributed by atoms with E-state index in [2.05, 4.69) is 10.3 Å². The van der Waals surface area contributed by atoms with Crippen LogP contribution in [-0.4, -0.2) is 68.2 Å². The van der Waals surface area contributed by atoms with Gasteiger partial charge in [0.2, 0.25) is 5.91 Å². The molecular formula is C34H33N5O6. The summed E-state index contributed by atoms with van der Waals surface area (Å²) in [5, 5.41) is 2.95. The molecule has 2 heterocycles. The zero-order chi connectivity index (χ0) is 32.1. The highest BCUT2D eigenvalue weighted by Crippen LogP contribution is 2.35. The second-order valence-corrected chi connectivity index (χ2v) is 10.6. The molecule has 1 aromatic heterocycles. The lowest BCUT2D eigenvalue weighted by Crippen LogP contribution is -2.46. The highest BCUT2D eigenvalue weighted by molar-refractivity contribution is 6.52. The Kier molecular flexibility index (Phi) is 9.08. The number of fused-ring (bicyclic) bond motifs is 1. The van der Waals surface area contributed by atoms with Crippen LogP contribution < -0.4 is 24.6 Å². The number of amides is 3. The van der Waals surface area contributed by atoms with Gasteiger partial charge in [-0.3, -0.25) is 29.1 Å². The highest BCUT2D eigenvalue weighted by atomic mass is 16.5. The monoisotopic (exact) mass is 607 g/mol. The zero-order valence-corrected chi connectivity index (χ0v) is 25.4. The summed E-state index contributed by atoms with van der Waals surface area (Å²) < 4.78 is 10.9. The van der Waals surface area contributed by atoms with Crippen molar-refractivity contribution in [3.05, 3.63) is 108 Å². The van der Waals surface area contributed by atoms with Gasteiger partial charge in [-0.15, -0.1) is 0 Å². The van der Waals surface area contributed by atoms with Crippen molar-refractivity contribution in [1.82, 2.24) is 9.88 Å². The molecule has 0 saturated heterocycles. The van der Waals surface area contributed by atoms with Crippen molar-refractivity contribution < 1.29 is 28.7 Å². The molecule has 45 heavy (non-hydrogen) atoms. The Hall–Kier alpha value is -5.71. The Morgan fingerprint density at radius 3 is 2.31 bits per heavy atom. The average molecular weight is 608 g/mol. The summed E-state index contributed by atoms with van der Waals surface area (Å²) in [6.45, 7) is -0.479. The third-order valence-corrected chi connectivity index (χ3v) is 7.50. The molecule has 0 spiro atoms. The highest BCUT2D eigenvalue weighted by Gasteiger charge is 2.39. The Morgan fingerprint density at radius 1 is 0.911 bits per heavy atom. The molecule has 0 unspecified atom stereocenters. The number of carbonyl (C=O) groups excluding carboxylic acids is 4. The van der Waals surface area contributed by atoms with Crippen LogP contribution in [0.5, 0.6) is 11.5 Å². The second-order valence-electron chi connectivity index (χ2n) is 10.6. The largest absolute Gasteiger partial charge is 0.493 e. The molecule has 0 aliphatic carbocycles. The van der Waals surface area contributed by atoms with Gasteiger partial charge < -0.3 is 24.6 Å². The summed E-state index contributed by atoms with van der Waals surface area (Å²) in [5.41, 5.74) is 3.14.